The minimum Gasteiger partial charge on any atom is -0.480 e. The van der Waals surface area contributed by atoms with Gasteiger partial charge in [-0.05, 0) is 24.1 Å². The van der Waals surface area contributed by atoms with Crippen molar-refractivity contribution in [3.8, 4) is 0 Å². The van der Waals surface area contributed by atoms with Crippen molar-refractivity contribution >= 4 is 11.9 Å². The van der Waals surface area contributed by atoms with Crippen molar-refractivity contribution in [1.82, 2.24) is 14.9 Å². The topological polar surface area (TPSA) is 69.6 Å². The quantitative estimate of drug-likeness (QED) is 0.927. The van der Waals surface area contributed by atoms with Gasteiger partial charge in [0.2, 0.25) is 5.95 Å². The fourth-order valence-corrected chi connectivity index (χ4v) is 3.01. The molecule has 1 aliphatic rings. The molecule has 0 bridgehead atoms. The van der Waals surface area contributed by atoms with Crippen molar-refractivity contribution in [3.63, 3.8) is 0 Å². The number of nitrogens with zero attached hydrogens (tertiary/aromatic N) is 4. The van der Waals surface area contributed by atoms with E-state index in [1.165, 1.54) is 0 Å². The van der Waals surface area contributed by atoms with Crippen molar-refractivity contribution in [2.45, 2.75) is 13.0 Å². The SMILES string of the molecule is Cc1ccccc1C(C(=O)O)N1CCN(c2ncccn2)CC1. The molecule has 0 saturated carbocycles. The van der Waals surface area contributed by atoms with Gasteiger partial charge in [-0.25, -0.2) is 9.97 Å². The van der Waals surface area contributed by atoms with Crippen LogP contribution in [0.5, 0.6) is 0 Å². The first-order chi connectivity index (χ1) is 11.2. The second-order valence-corrected chi connectivity index (χ2v) is 5.67. The minimum absolute atomic E-state index is 0.602. The fourth-order valence-electron chi connectivity index (χ4n) is 3.01. The Hall–Kier alpha value is -2.47. The Morgan fingerprint density at radius 2 is 1.74 bits per heavy atom. The molecule has 1 aromatic carbocycles. The van der Waals surface area contributed by atoms with E-state index in [1.807, 2.05) is 36.1 Å². The highest BCUT2D eigenvalue weighted by atomic mass is 16.4. The lowest BCUT2D eigenvalue weighted by atomic mass is 9.99. The molecule has 0 aliphatic carbocycles. The average molecular weight is 312 g/mol. The van der Waals surface area contributed by atoms with E-state index in [-0.39, 0.29) is 0 Å². The number of aromatic nitrogens is 2. The van der Waals surface area contributed by atoms with E-state index in [0.717, 1.165) is 24.2 Å². The van der Waals surface area contributed by atoms with Crippen LogP contribution in [-0.2, 0) is 4.79 Å². The van der Waals surface area contributed by atoms with E-state index >= 15 is 0 Å². The molecule has 1 atom stereocenters. The molecular weight excluding hydrogens is 292 g/mol. The molecule has 1 aliphatic heterocycles. The molecule has 0 amide bonds. The Balaban J connectivity index is 1.74. The molecule has 0 radical (unpaired) electrons. The molecule has 1 N–H and O–H groups in total. The molecule has 1 aromatic heterocycles. The first-order valence-corrected chi connectivity index (χ1v) is 7.71. The van der Waals surface area contributed by atoms with Crippen LogP contribution in [0.25, 0.3) is 0 Å². The number of aliphatic carboxylic acids is 1. The van der Waals surface area contributed by atoms with Crippen molar-refractivity contribution in [2.24, 2.45) is 0 Å². The van der Waals surface area contributed by atoms with Gasteiger partial charge in [0.1, 0.15) is 6.04 Å². The number of hydrogen-bond acceptors (Lipinski definition) is 5. The number of carboxylic acid groups (broad SMARTS) is 1. The highest BCUT2D eigenvalue weighted by molar-refractivity contribution is 5.76. The van der Waals surface area contributed by atoms with Gasteiger partial charge in [-0.3, -0.25) is 9.69 Å². The predicted molar refractivity (Wildman–Crippen MR) is 87.4 cm³/mol. The molecule has 23 heavy (non-hydrogen) atoms. The number of hydrogen-bond donors (Lipinski definition) is 1. The summed E-state index contributed by atoms with van der Waals surface area (Å²) >= 11 is 0. The summed E-state index contributed by atoms with van der Waals surface area (Å²) in [5.74, 6) is -0.0985. The Kier molecular flexibility index (Phi) is 4.52. The van der Waals surface area contributed by atoms with E-state index in [4.69, 9.17) is 0 Å². The zero-order valence-electron chi connectivity index (χ0n) is 13.1. The third-order valence-corrected chi connectivity index (χ3v) is 4.23. The molecule has 2 heterocycles. The van der Waals surface area contributed by atoms with E-state index in [0.29, 0.717) is 19.0 Å². The first kappa shape index (κ1) is 15.4. The molecule has 6 heteroatoms. The van der Waals surface area contributed by atoms with Gasteiger partial charge in [-0.15, -0.1) is 0 Å². The Bertz CT molecular complexity index is 669. The zero-order chi connectivity index (χ0) is 16.2. The van der Waals surface area contributed by atoms with Gasteiger partial charge in [0, 0.05) is 38.6 Å². The average Bonchev–Trinajstić information content (AvgIpc) is 2.58. The summed E-state index contributed by atoms with van der Waals surface area (Å²) in [4.78, 5) is 24.5. The summed E-state index contributed by atoms with van der Waals surface area (Å²) in [5, 5.41) is 9.71. The lowest BCUT2D eigenvalue weighted by Gasteiger charge is -2.38. The van der Waals surface area contributed by atoms with Crippen LogP contribution in [0.3, 0.4) is 0 Å². The maximum Gasteiger partial charge on any atom is 0.325 e. The van der Waals surface area contributed by atoms with E-state index in [9.17, 15) is 9.90 Å². The largest absolute Gasteiger partial charge is 0.480 e. The van der Waals surface area contributed by atoms with Gasteiger partial charge >= 0.3 is 5.97 Å². The van der Waals surface area contributed by atoms with E-state index < -0.39 is 12.0 Å². The third-order valence-electron chi connectivity index (χ3n) is 4.23. The van der Waals surface area contributed by atoms with Crippen molar-refractivity contribution in [3.05, 3.63) is 53.9 Å². The van der Waals surface area contributed by atoms with Crippen LogP contribution in [0.2, 0.25) is 0 Å². The molecule has 1 unspecified atom stereocenters. The van der Waals surface area contributed by atoms with Crippen LogP contribution < -0.4 is 4.90 Å². The zero-order valence-corrected chi connectivity index (χ0v) is 13.1. The summed E-state index contributed by atoms with van der Waals surface area (Å²) in [6, 6.07) is 8.88. The van der Waals surface area contributed by atoms with Crippen molar-refractivity contribution in [2.75, 3.05) is 31.1 Å². The predicted octanol–water partition coefficient (Wildman–Crippen LogP) is 1.73. The van der Waals surface area contributed by atoms with Gasteiger partial charge in [0.25, 0.3) is 0 Å². The smallest absolute Gasteiger partial charge is 0.325 e. The van der Waals surface area contributed by atoms with Crippen LogP contribution in [0.1, 0.15) is 17.2 Å². The molecule has 1 saturated heterocycles. The Labute approximate surface area is 135 Å². The van der Waals surface area contributed by atoms with Crippen LogP contribution in [0.15, 0.2) is 42.7 Å². The van der Waals surface area contributed by atoms with Crippen LogP contribution >= 0.6 is 0 Å². The number of piperazine rings is 1. The first-order valence-electron chi connectivity index (χ1n) is 7.71. The number of aryl methyl sites for hydroxylation is 1. The van der Waals surface area contributed by atoms with Gasteiger partial charge in [0.15, 0.2) is 0 Å². The molecule has 6 nitrogen and oxygen atoms in total. The van der Waals surface area contributed by atoms with Crippen molar-refractivity contribution < 1.29 is 9.90 Å². The lowest BCUT2D eigenvalue weighted by Crippen LogP contribution is -2.49. The highest BCUT2D eigenvalue weighted by Crippen LogP contribution is 2.26. The number of rotatable bonds is 4. The van der Waals surface area contributed by atoms with Gasteiger partial charge in [-0.1, -0.05) is 24.3 Å². The standard InChI is InChI=1S/C17H20N4O2/c1-13-5-2-3-6-14(13)15(16(22)23)20-9-11-21(12-10-20)17-18-7-4-8-19-17/h2-8,15H,9-12H2,1H3,(H,22,23). The van der Waals surface area contributed by atoms with E-state index in [1.54, 1.807) is 18.5 Å². The maximum atomic E-state index is 11.8. The number of carboxylic acids is 1. The minimum atomic E-state index is -0.802. The number of benzene rings is 1. The van der Waals surface area contributed by atoms with Gasteiger partial charge < -0.3 is 10.0 Å². The summed E-state index contributed by atoms with van der Waals surface area (Å²) in [6.45, 7) is 4.74. The molecule has 120 valence electrons. The monoisotopic (exact) mass is 312 g/mol. The summed E-state index contributed by atoms with van der Waals surface area (Å²) in [5.41, 5.74) is 1.87. The fraction of sp³-hybridized carbons (Fsp3) is 0.353. The second kappa shape index (κ2) is 6.75. The van der Waals surface area contributed by atoms with Crippen LogP contribution in [-0.4, -0.2) is 52.1 Å². The summed E-state index contributed by atoms with van der Waals surface area (Å²) in [7, 11) is 0. The molecule has 0 spiro atoms. The van der Waals surface area contributed by atoms with E-state index in [2.05, 4.69) is 14.9 Å². The number of anilines is 1. The highest BCUT2D eigenvalue weighted by Gasteiger charge is 2.31. The number of carbonyl (C=O) groups is 1. The van der Waals surface area contributed by atoms with Gasteiger partial charge in [-0.2, -0.15) is 0 Å². The third kappa shape index (κ3) is 3.32. The second-order valence-electron chi connectivity index (χ2n) is 5.67. The van der Waals surface area contributed by atoms with Gasteiger partial charge in [0.05, 0.1) is 0 Å². The maximum absolute atomic E-state index is 11.8. The molecule has 1 fully saturated rings. The van der Waals surface area contributed by atoms with Crippen LogP contribution in [0, 0.1) is 6.92 Å². The normalized spacial score (nSPS) is 17.0. The molecule has 3 rings (SSSR count). The summed E-state index contributed by atoms with van der Waals surface area (Å²) in [6.07, 6.45) is 3.45. The Morgan fingerprint density at radius 3 is 2.35 bits per heavy atom. The lowest BCUT2D eigenvalue weighted by molar-refractivity contribution is -0.143. The summed E-state index contributed by atoms with van der Waals surface area (Å²) < 4.78 is 0. The molecular formula is C17H20N4O2. The Morgan fingerprint density at radius 1 is 1.09 bits per heavy atom. The molecule has 2 aromatic rings. The van der Waals surface area contributed by atoms with Crippen LogP contribution in [0.4, 0.5) is 5.95 Å². The van der Waals surface area contributed by atoms with Crippen molar-refractivity contribution in [1.29, 1.82) is 0 Å².